The maximum atomic E-state index is 3.80. The first kappa shape index (κ1) is 19.0. The molecule has 0 amide bonds. The number of rotatable bonds is 10. The Morgan fingerprint density at radius 2 is 1.48 bits per heavy atom. The van der Waals surface area contributed by atoms with Gasteiger partial charge in [0.25, 0.3) is 0 Å². The van der Waals surface area contributed by atoms with Crippen LogP contribution in [0, 0.1) is 5.41 Å². The molecule has 0 aromatic heterocycles. The minimum Gasteiger partial charge on any atom is -0.311 e. The summed E-state index contributed by atoms with van der Waals surface area (Å²) in [7, 11) is 0. The van der Waals surface area contributed by atoms with Gasteiger partial charge in [-0.15, -0.1) is 0 Å². The van der Waals surface area contributed by atoms with Gasteiger partial charge >= 0.3 is 0 Å². The summed E-state index contributed by atoms with van der Waals surface area (Å²) in [6.45, 7) is 16.6. The molecular weight excluding hydrogens is 256 g/mol. The van der Waals surface area contributed by atoms with Crippen molar-refractivity contribution >= 4 is 0 Å². The average Bonchev–Trinajstić information content (AvgIpc) is 2.88. The average molecular weight is 297 g/mol. The molecule has 0 aromatic rings. The number of nitrogens with zero attached hydrogens (tertiary/aromatic N) is 1. The Labute approximate surface area is 134 Å². The van der Waals surface area contributed by atoms with E-state index in [0.29, 0.717) is 5.41 Å². The molecule has 0 saturated heterocycles. The first-order valence-corrected chi connectivity index (χ1v) is 9.38. The summed E-state index contributed by atoms with van der Waals surface area (Å²) in [5.74, 6) is 0. The summed E-state index contributed by atoms with van der Waals surface area (Å²) in [6.07, 6.45) is 11.0. The molecule has 0 aromatic carbocycles. The van der Waals surface area contributed by atoms with Crippen molar-refractivity contribution in [2.45, 2.75) is 91.5 Å². The molecule has 126 valence electrons. The van der Waals surface area contributed by atoms with E-state index in [2.05, 4.69) is 44.8 Å². The van der Waals surface area contributed by atoms with Crippen LogP contribution in [-0.2, 0) is 0 Å². The van der Waals surface area contributed by atoms with E-state index in [0.717, 1.165) is 0 Å². The Balaban J connectivity index is 2.59. The zero-order valence-corrected chi connectivity index (χ0v) is 15.4. The maximum Gasteiger partial charge on any atom is 0.00967 e. The summed E-state index contributed by atoms with van der Waals surface area (Å²) in [6, 6.07) is 0. The fraction of sp³-hybridized carbons (Fsp3) is 1.00. The van der Waals surface area contributed by atoms with Crippen LogP contribution in [0.4, 0.5) is 0 Å². The van der Waals surface area contributed by atoms with E-state index in [9.17, 15) is 0 Å². The van der Waals surface area contributed by atoms with Crippen LogP contribution >= 0.6 is 0 Å². The molecule has 0 aliphatic heterocycles. The van der Waals surface area contributed by atoms with Crippen molar-refractivity contribution in [2.24, 2.45) is 5.41 Å². The molecule has 0 radical (unpaired) electrons. The second kappa shape index (κ2) is 9.15. The minimum atomic E-state index is 0.243. The summed E-state index contributed by atoms with van der Waals surface area (Å²) < 4.78 is 0. The molecule has 0 unspecified atom stereocenters. The number of hydrogen-bond acceptors (Lipinski definition) is 2. The van der Waals surface area contributed by atoms with Crippen LogP contribution in [0.3, 0.4) is 0 Å². The Bertz CT molecular complexity index is 253. The molecule has 1 N–H and O–H groups in total. The Kier molecular flexibility index (Phi) is 8.26. The molecule has 0 bridgehead atoms. The summed E-state index contributed by atoms with van der Waals surface area (Å²) in [4.78, 5) is 2.77. The smallest absolute Gasteiger partial charge is 0.00967 e. The quantitative estimate of drug-likeness (QED) is 0.620. The zero-order chi connectivity index (χ0) is 15.8. The number of nitrogens with one attached hydrogen (secondary N) is 1. The standard InChI is InChI=1S/C19H40N2/c1-6-8-14-21(15-9-7-2)17-19(12-10-11-13-19)16-20-18(3,4)5/h20H,6-17H2,1-5H3. The van der Waals surface area contributed by atoms with Crippen molar-refractivity contribution in [3.8, 4) is 0 Å². The van der Waals surface area contributed by atoms with E-state index in [1.165, 1.54) is 77.5 Å². The van der Waals surface area contributed by atoms with Gasteiger partial charge in [0, 0.05) is 18.6 Å². The predicted octanol–water partition coefficient (Wildman–Crippen LogP) is 4.84. The molecule has 1 aliphatic rings. The van der Waals surface area contributed by atoms with E-state index in [1.807, 2.05) is 0 Å². The van der Waals surface area contributed by atoms with Crippen LogP contribution in [0.1, 0.15) is 86.0 Å². The summed E-state index contributed by atoms with van der Waals surface area (Å²) in [5, 5.41) is 3.80. The van der Waals surface area contributed by atoms with Crippen LogP contribution in [0.15, 0.2) is 0 Å². The molecule has 1 fully saturated rings. The van der Waals surface area contributed by atoms with Crippen molar-refractivity contribution in [3.63, 3.8) is 0 Å². The summed E-state index contributed by atoms with van der Waals surface area (Å²) >= 11 is 0. The van der Waals surface area contributed by atoms with Gasteiger partial charge in [-0.25, -0.2) is 0 Å². The van der Waals surface area contributed by atoms with E-state index < -0.39 is 0 Å². The fourth-order valence-electron chi connectivity index (χ4n) is 3.48. The molecule has 0 spiro atoms. The lowest BCUT2D eigenvalue weighted by molar-refractivity contribution is 0.137. The Morgan fingerprint density at radius 3 is 1.90 bits per heavy atom. The van der Waals surface area contributed by atoms with Gasteiger partial charge in [-0.1, -0.05) is 39.5 Å². The SMILES string of the molecule is CCCCN(CCCC)CC1(CNC(C)(C)C)CCCC1. The topological polar surface area (TPSA) is 15.3 Å². The van der Waals surface area contributed by atoms with Crippen LogP contribution in [0.5, 0.6) is 0 Å². The van der Waals surface area contributed by atoms with Crippen molar-refractivity contribution < 1.29 is 0 Å². The highest BCUT2D eigenvalue weighted by atomic mass is 15.1. The van der Waals surface area contributed by atoms with Gasteiger partial charge in [0.1, 0.15) is 0 Å². The van der Waals surface area contributed by atoms with Crippen LogP contribution in [-0.4, -0.2) is 36.6 Å². The first-order chi connectivity index (χ1) is 9.91. The van der Waals surface area contributed by atoms with Crippen molar-refractivity contribution in [1.29, 1.82) is 0 Å². The van der Waals surface area contributed by atoms with E-state index in [1.54, 1.807) is 0 Å². The molecule has 21 heavy (non-hydrogen) atoms. The van der Waals surface area contributed by atoms with Crippen molar-refractivity contribution in [2.75, 3.05) is 26.2 Å². The highest BCUT2D eigenvalue weighted by molar-refractivity contribution is 4.91. The van der Waals surface area contributed by atoms with E-state index in [4.69, 9.17) is 0 Å². The Morgan fingerprint density at radius 1 is 0.952 bits per heavy atom. The third-order valence-corrected chi connectivity index (χ3v) is 4.87. The fourth-order valence-corrected chi connectivity index (χ4v) is 3.48. The van der Waals surface area contributed by atoms with Crippen LogP contribution in [0.2, 0.25) is 0 Å². The van der Waals surface area contributed by atoms with Gasteiger partial charge in [-0.3, -0.25) is 0 Å². The van der Waals surface area contributed by atoms with Crippen LogP contribution in [0.25, 0.3) is 0 Å². The molecule has 1 saturated carbocycles. The van der Waals surface area contributed by atoms with E-state index >= 15 is 0 Å². The predicted molar refractivity (Wildman–Crippen MR) is 94.9 cm³/mol. The lowest BCUT2D eigenvalue weighted by Crippen LogP contribution is -2.48. The van der Waals surface area contributed by atoms with Gasteiger partial charge in [-0.2, -0.15) is 0 Å². The number of unbranched alkanes of at least 4 members (excludes halogenated alkanes) is 2. The van der Waals surface area contributed by atoms with Crippen molar-refractivity contribution in [1.82, 2.24) is 10.2 Å². The highest BCUT2D eigenvalue weighted by Crippen LogP contribution is 2.38. The van der Waals surface area contributed by atoms with Crippen LogP contribution < -0.4 is 5.32 Å². The molecular formula is C19H40N2. The molecule has 0 heterocycles. The van der Waals surface area contributed by atoms with Gasteiger partial charge in [-0.05, 0) is 65.0 Å². The second-order valence-corrected chi connectivity index (χ2v) is 8.29. The zero-order valence-electron chi connectivity index (χ0n) is 15.4. The molecule has 2 nitrogen and oxygen atoms in total. The summed E-state index contributed by atoms with van der Waals surface area (Å²) in [5.41, 5.74) is 0.780. The van der Waals surface area contributed by atoms with Gasteiger partial charge in [0.15, 0.2) is 0 Å². The maximum absolute atomic E-state index is 3.80. The third kappa shape index (κ3) is 7.65. The number of hydrogen-bond donors (Lipinski definition) is 1. The first-order valence-electron chi connectivity index (χ1n) is 9.38. The Hall–Kier alpha value is -0.0800. The lowest BCUT2D eigenvalue weighted by atomic mass is 9.84. The normalized spacial score (nSPS) is 18.6. The molecule has 2 heteroatoms. The minimum absolute atomic E-state index is 0.243. The highest BCUT2D eigenvalue weighted by Gasteiger charge is 2.35. The monoisotopic (exact) mass is 296 g/mol. The van der Waals surface area contributed by atoms with Gasteiger partial charge in [0.05, 0.1) is 0 Å². The largest absolute Gasteiger partial charge is 0.311 e. The lowest BCUT2D eigenvalue weighted by Gasteiger charge is -2.38. The second-order valence-electron chi connectivity index (χ2n) is 8.29. The third-order valence-electron chi connectivity index (χ3n) is 4.87. The van der Waals surface area contributed by atoms with Gasteiger partial charge in [0.2, 0.25) is 0 Å². The van der Waals surface area contributed by atoms with Crippen molar-refractivity contribution in [3.05, 3.63) is 0 Å². The molecule has 0 atom stereocenters. The molecule has 1 aliphatic carbocycles. The molecule has 1 rings (SSSR count). The van der Waals surface area contributed by atoms with E-state index in [-0.39, 0.29) is 5.54 Å². The van der Waals surface area contributed by atoms with Gasteiger partial charge < -0.3 is 10.2 Å².